The van der Waals surface area contributed by atoms with Crippen molar-refractivity contribution in [2.24, 2.45) is 0 Å². The maximum atomic E-state index is 3.98. The first-order valence-corrected chi connectivity index (χ1v) is 5.82. The third-order valence-electron chi connectivity index (χ3n) is 2.92. The number of nitrogens with zero attached hydrogens (tertiary/aromatic N) is 2. The zero-order chi connectivity index (χ0) is 10.5. The summed E-state index contributed by atoms with van der Waals surface area (Å²) in [6, 6.07) is 0.879. The summed E-state index contributed by atoms with van der Waals surface area (Å²) in [7, 11) is 0. The van der Waals surface area contributed by atoms with E-state index in [4.69, 9.17) is 0 Å². The standard InChI is InChI=1S/C11H20N4/c1-2-15(11-3-4-11)6-5-12-7-10-8-13-9-14-10/h8-9,11-12H,2-7H2,1H3,(H,13,14). The molecule has 0 saturated heterocycles. The second-order valence-electron chi connectivity index (χ2n) is 4.11. The molecule has 1 aromatic rings. The molecule has 0 radical (unpaired) electrons. The fourth-order valence-corrected chi connectivity index (χ4v) is 1.87. The lowest BCUT2D eigenvalue weighted by Gasteiger charge is -2.19. The Balaban J connectivity index is 1.58. The topological polar surface area (TPSA) is 44.0 Å². The van der Waals surface area contributed by atoms with Crippen molar-refractivity contribution in [1.29, 1.82) is 0 Å². The fraction of sp³-hybridized carbons (Fsp3) is 0.727. The maximum Gasteiger partial charge on any atom is 0.0922 e. The highest BCUT2D eigenvalue weighted by Crippen LogP contribution is 2.25. The van der Waals surface area contributed by atoms with Crippen LogP contribution in [0.3, 0.4) is 0 Å². The minimum absolute atomic E-state index is 0.879. The van der Waals surface area contributed by atoms with Crippen LogP contribution < -0.4 is 5.32 Å². The Morgan fingerprint density at radius 3 is 3.07 bits per heavy atom. The van der Waals surface area contributed by atoms with Crippen LogP contribution in [0.25, 0.3) is 0 Å². The molecule has 1 heterocycles. The highest BCUT2D eigenvalue weighted by molar-refractivity contribution is 4.93. The van der Waals surface area contributed by atoms with E-state index in [1.807, 2.05) is 6.20 Å². The molecule has 2 rings (SSSR count). The van der Waals surface area contributed by atoms with Gasteiger partial charge < -0.3 is 10.3 Å². The summed E-state index contributed by atoms with van der Waals surface area (Å²) in [6.07, 6.45) is 6.38. The molecular weight excluding hydrogens is 188 g/mol. The minimum atomic E-state index is 0.879. The summed E-state index contributed by atoms with van der Waals surface area (Å²) >= 11 is 0. The van der Waals surface area contributed by atoms with Gasteiger partial charge >= 0.3 is 0 Å². The third kappa shape index (κ3) is 3.32. The summed E-state index contributed by atoms with van der Waals surface area (Å²) in [6.45, 7) is 6.53. The van der Waals surface area contributed by atoms with Gasteiger partial charge in [-0.05, 0) is 19.4 Å². The van der Waals surface area contributed by atoms with Crippen LogP contribution in [0, 0.1) is 0 Å². The summed E-state index contributed by atoms with van der Waals surface area (Å²) in [4.78, 5) is 9.63. The Morgan fingerprint density at radius 2 is 2.47 bits per heavy atom. The Kier molecular flexibility index (Phi) is 3.75. The number of likely N-dealkylation sites (N-methyl/N-ethyl adjacent to an activating group) is 1. The molecule has 0 amide bonds. The predicted molar refractivity (Wildman–Crippen MR) is 60.6 cm³/mol. The molecule has 1 saturated carbocycles. The zero-order valence-electron chi connectivity index (χ0n) is 9.37. The quantitative estimate of drug-likeness (QED) is 0.657. The molecular formula is C11H20N4. The van der Waals surface area contributed by atoms with Gasteiger partial charge in [0, 0.05) is 37.6 Å². The fourth-order valence-electron chi connectivity index (χ4n) is 1.87. The van der Waals surface area contributed by atoms with Crippen molar-refractivity contribution in [3.05, 3.63) is 18.2 Å². The molecule has 1 aliphatic carbocycles. The maximum absolute atomic E-state index is 3.98. The zero-order valence-corrected chi connectivity index (χ0v) is 9.37. The van der Waals surface area contributed by atoms with E-state index in [1.165, 1.54) is 19.4 Å². The van der Waals surface area contributed by atoms with Crippen LogP contribution in [0.15, 0.2) is 12.5 Å². The minimum Gasteiger partial charge on any atom is -0.347 e. The molecule has 1 aliphatic rings. The average Bonchev–Trinajstić information content (AvgIpc) is 2.95. The molecule has 0 spiro atoms. The van der Waals surface area contributed by atoms with Gasteiger partial charge in [-0.25, -0.2) is 4.98 Å². The van der Waals surface area contributed by atoms with E-state index >= 15 is 0 Å². The normalized spacial score (nSPS) is 16.1. The van der Waals surface area contributed by atoms with Gasteiger partial charge in [-0.1, -0.05) is 6.92 Å². The van der Waals surface area contributed by atoms with Crippen molar-refractivity contribution >= 4 is 0 Å². The molecule has 4 nitrogen and oxygen atoms in total. The SMILES string of the molecule is CCN(CCNCc1cnc[nH]1)C1CC1. The van der Waals surface area contributed by atoms with Gasteiger partial charge in [0.1, 0.15) is 0 Å². The highest BCUT2D eigenvalue weighted by Gasteiger charge is 2.26. The van der Waals surface area contributed by atoms with Crippen molar-refractivity contribution in [3.63, 3.8) is 0 Å². The first-order chi connectivity index (χ1) is 7.40. The van der Waals surface area contributed by atoms with Gasteiger partial charge in [-0.2, -0.15) is 0 Å². The molecule has 0 atom stereocenters. The van der Waals surface area contributed by atoms with E-state index in [-0.39, 0.29) is 0 Å². The largest absolute Gasteiger partial charge is 0.347 e. The van der Waals surface area contributed by atoms with Crippen LogP contribution in [0.4, 0.5) is 0 Å². The van der Waals surface area contributed by atoms with Crippen molar-refractivity contribution < 1.29 is 0 Å². The molecule has 0 unspecified atom stereocenters. The molecule has 84 valence electrons. The Hall–Kier alpha value is -0.870. The van der Waals surface area contributed by atoms with Crippen LogP contribution in [0.2, 0.25) is 0 Å². The number of aromatic nitrogens is 2. The highest BCUT2D eigenvalue weighted by atomic mass is 15.2. The van der Waals surface area contributed by atoms with Crippen molar-refractivity contribution in [2.75, 3.05) is 19.6 Å². The van der Waals surface area contributed by atoms with E-state index in [1.54, 1.807) is 6.33 Å². The number of H-pyrrole nitrogens is 1. The van der Waals surface area contributed by atoms with Crippen LogP contribution in [0.1, 0.15) is 25.5 Å². The van der Waals surface area contributed by atoms with Gasteiger partial charge in [0.05, 0.1) is 6.33 Å². The molecule has 1 aromatic heterocycles. The van der Waals surface area contributed by atoms with Crippen molar-refractivity contribution in [2.45, 2.75) is 32.4 Å². The Bertz CT molecular complexity index is 266. The lowest BCUT2D eigenvalue weighted by molar-refractivity contribution is 0.277. The lowest BCUT2D eigenvalue weighted by Crippen LogP contribution is -2.33. The first kappa shape index (κ1) is 10.6. The van der Waals surface area contributed by atoms with Gasteiger partial charge in [0.2, 0.25) is 0 Å². The third-order valence-corrected chi connectivity index (χ3v) is 2.92. The molecule has 15 heavy (non-hydrogen) atoms. The Morgan fingerprint density at radius 1 is 1.60 bits per heavy atom. The monoisotopic (exact) mass is 208 g/mol. The number of hydrogen-bond donors (Lipinski definition) is 2. The second kappa shape index (κ2) is 5.28. The van der Waals surface area contributed by atoms with Gasteiger partial charge in [-0.15, -0.1) is 0 Å². The molecule has 1 fully saturated rings. The van der Waals surface area contributed by atoms with Crippen LogP contribution >= 0.6 is 0 Å². The summed E-state index contributed by atoms with van der Waals surface area (Å²) in [5.74, 6) is 0. The molecule has 0 aromatic carbocycles. The van der Waals surface area contributed by atoms with Crippen LogP contribution in [-0.2, 0) is 6.54 Å². The molecule has 0 aliphatic heterocycles. The van der Waals surface area contributed by atoms with Crippen molar-refractivity contribution in [3.8, 4) is 0 Å². The van der Waals surface area contributed by atoms with Crippen molar-refractivity contribution in [1.82, 2.24) is 20.2 Å². The van der Waals surface area contributed by atoms with Crippen LogP contribution in [-0.4, -0.2) is 40.5 Å². The number of imidazole rings is 1. The first-order valence-electron chi connectivity index (χ1n) is 5.82. The predicted octanol–water partition coefficient (Wildman–Crippen LogP) is 0.984. The van der Waals surface area contributed by atoms with Gasteiger partial charge in [-0.3, -0.25) is 4.90 Å². The summed E-state index contributed by atoms with van der Waals surface area (Å²) < 4.78 is 0. The average molecular weight is 208 g/mol. The summed E-state index contributed by atoms with van der Waals surface area (Å²) in [5.41, 5.74) is 1.16. The van der Waals surface area contributed by atoms with Crippen LogP contribution in [0.5, 0.6) is 0 Å². The smallest absolute Gasteiger partial charge is 0.0922 e. The molecule has 0 bridgehead atoms. The van der Waals surface area contributed by atoms with Gasteiger partial charge in [0.15, 0.2) is 0 Å². The van der Waals surface area contributed by atoms with Gasteiger partial charge in [0.25, 0.3) is 0 Å². The van der Waals surface area contributed by atoms with E-state index < -0.39 is 0 Å². The second-order valence-corrected chi connectivity index (χ2v) is 4.11. The number of nitrogens with one attached hydrogen (secondary N) is 2. The molecule has 4 heteroatoms. The number of aromatic amines is 1. The number of hydrogen-bond acceptors (Lipinski definition) is 3. The molecule has 2 N–H and O–H groups in total. The van der Waals surface area contributed by atoms with E-state index in [0.717, 1.165) is 31.4 Å². The number of rotatable bonds is 7. The van der Waals surface area contributed by atoms with E-state index in [9.17, 15) is 0 Å². The summed E-state index contributed by atoms with van der Waals surface area (Å²) in [5, 5.41) is 3.42. The van der Waals surface area contributed by atoms with E-state index in [2.05, 4.69) is 27.1 Å². The lowest BCUT2D eigenvalue weighted by atomic mass is 10.4. The Labute approximate surface area is 91.1 Å². The van der Waals surface area contributed by atoms with E-state index in [0.29, 0.717) is 0 Å².